The van der Waals surface area contributed by atoms with Gasteiger partial charge in [0.15, 0.2) is 0 Å². The predicted octanol–water partition coefficient (Wildman–Crippen LogP) is 5.84. The zero-order valence-electron chi connectivity index (χ0n) is 18.7. The van der Waals surface area contributed by atoms with E-state index in [9.17, 15) is 0 Å². The zero-order valence-corrected chi connectivity index (χ0v) is 21.8. The number of aromatic nitrogens is 3. The molecule has 36 heavy (non-hydrogen) atoms. The van der Waals surface area contributed by atoms with Crippen LogP contribution in [0.25, 0.3) is 27.8 Å². The first-order chi connectivity index (χ1) is 17.3. The van der Waals surface area contributed by atoms with Crippen LogP contribution in [0.5, 0.6) is 17.2 Å². The molecule has 0 spiro atoms. The molecule has 4 heterocycles. The Labute approximate surface area is 226 Å². The maximum Gasteiger partial charge on any atom is 2.00 e. The summed E-state index contributed by atoms with van der Waals surface area (Å²) in [6.45, 7) is 0. The van der Waals surface area contributed by atoms with E-state index in [-0.39, 0.29) is 27.3 Å². The third kappa shape index (κ3) is 3.98. The Morgan fingerprint density at radius 3 is 2.19 bits per heavy atom. The Morgan fingerprint density at radius 1 is 0.750 bits per heavy atom. The largest absolute Gasteiger partial charge is 2.00 e. The molecule has 0 bridgehead atoms. The molecule has 0 fully saturated rings. The summed E-state index contributed by atoms with van der Waals surface area (Å²) in [5, 5.41) is 2.10. The Hall–Kier alpha value is -3.54. The van der Waals surface area contributed by atoms with E-state index in [2.05, 4.69) is 40.3 Å². The van der Waals surface area contributed by atoms with Gasteiger partial charge in [-0.05, 0) is 36.4 Å². The molecule has 7 rings (SSSR count). The average molecular weight is 664 g/mol. The third-order valence-electron chi connectivity index (χ3n) is 5.86. The van der Waals surface area contributed by atoms with Gasteiger partial charge in [0, 0.05) is 39.6 Å². The van der Waals surface area contributed by atoms with Gasteiger partial charge >= 0.3 is 27.3 Å². The molecular formula is C28H16BN3O2PtS. The van der Waals surface area contributed by atoms with Gasteiger partial charge in [0.2, 0.25) is 0 Å². The second-order valence-electron chi connectivity index (χ2n) is 8.07. The van der Waals surface area contributed by atoms with Gasteiger partial charge in [0.25, 0.3) is 0 Å². The number of benzene rings is 3. The van der Waals surface area contributed by atoms with Crippen molar-refractivity contribution in [1.29, 1.82) is 0 Å². The molecule has 174 valence electrons. The summed E-state index contributed by atoms with van der Waals surface area (Å²) in [5.41, 5.74) is 3.40. The standard InChI is InChI=1S/C28H16BN3O2S.Pt/c1-2-14-26-25(13-1)34-29(35-26)19-7-3-9-21(17-19)33-22-10-4-8-20(18-22)32-27-23(11-5-15-30-27)24-12-6-16-31-28(24)32;/h1-16H;/q-2;+2. The summed E-state index contributed by atoms with van der Waals surface area (Å²) >= 11 is 1.67. The molecule has 5 nitrogen and oxygen atoms in total. The fourth-order valence-electron chi connectivity index (χ4n) is 4.33. The van der Waals surface area contributed by atoms with E-state index in [1.54, 1.807) is 24.0 Å². The van der Waals surface area contributed by atoms with Crippen LogP contribution in [0.15, 0.2) is 102 Å². The fraction of sp³-hybridized carbons (Fsp3) is 0. The molecule has 6 aromatic rings. The minimum absolute atomic E-state index is 0. The molecule has 0 aliphatic carbocycles. The Kier molecular flexibility index (Phi) is 6.04. The van der Waals surface area contributed by atoms with Crippen LogP contribution < -0.4 is 14.9 Å². The molecule has 0 amide bonds. The summed E-state index contributed by atoms with van der Waals surface area (Å²) < 4.78 is 14.3. The molecule has 0 atom stereocenters. The van der Waals surface area contributed by atoms with Crippen LogP contribution in [0, 0.1) is 12.1 Å². The van der Waals surface area contributed by atoms with E-state index >= 15 is 0 Å². The first kappa shape index (κ1) is 22.9. The van der Waals surface area contributed by atoms with Crippen LogP contribution in [-0.2, 0) is 21.1 Å². The Bertz CT molecular complexity index is 1650. The van der Waals surface area contributed by atoms with Gasteiger partial charge in [-0.2, -0.15) is 18.2 Å². The van der Waals surface area contributed by atoms with Crippen molar-refractivity contribution in [2.75, 3.05) is 0 Å². The third-order valence-corrected chi connectivity index (χ3v) is 7.02. The second-order valence-corrected chi connectivity index (χ2v) is 9.18. The van der Waals surface area contributed by atoms with Gasteiger partial charge in [-0.15, -0.1) is 47.4 Å². The number of rotatable bonds is 4. The average Bonchev–Trinajstić information content (AvgIpc) is 3.49. The molecule has 3 aromatic heterocycles. The van der Waals surface area contributed by atoms with E-state index in [0.29, 0.717) is 11.5 Å². The van der Waals surface area contributed by atoms with E-state index in [1.807, 2.05) is 71.3 Å². The number of hydrogen-bond donors (Lipinski definition) is 0. The second kappa shape index (κ2) is 9.49. The Balaban J connectivity index is 0.00000240. The van der Waals surface area contributed by atoms with Gasteiger partial charge in [-0.25, -0.2) is 9.97 Å². The number of para-hydroxylation sites is 1. The normalized spacial score (nSPS) is 12.3. The van der Waals surface area contributed by atoms with Crippen molar-refractivity contribution in [3.63, 3.8) is 0 Å². The minimum atomic E-state index is -0.152. The molecule has 0 saturated heterocycles. The van der Waals surface area contributed by atoms with Crippen molar-refractivity contribution in [3.8, 4) is 22.9 Å². The zero-order chi connectivity index (χ0) is 23.2. The van der Waals surface area contributed by atoms with E-state index in [0.717, 1.165) is 43.9 Å². The SMILES string of the molecule is [Pt+2].[c-]1c(Oc2[c-]c(-n3c4ncccc4c4cccnc43)ccc2)cccc1B1Oc2ccccc2S1. The van der Waals surface area contributed by atoms with Crippen LogP contribution in [0.3, 0.4) is 0 Å². The van der Waals surface area contributed by atoms with Gasteiger partial charge in [-0.1, -0.05) is 17.8 Å². The molecule has 1 aliphatic heterocycles. The molecule has 0 radical (unpaired) electrons. The topological polar surface area (TPSA) is 49.2 Å². The van der Waals surface area contributed by atoms with Gasteiger partial charge in [0.1, 0.15) is 17.0 Å². The Morgan fingerprint density at radius 2 is 1.44 bits per heavy atom. The first-order valence-electron chi connectivity index (χ1n) is 11.2. The van der Waals surface area contributed by atoms with Crippen molar-refractivity contribution in [1.82, 2.24) is 14.5 Å². The fourth-order valence-corrected chi connectivity index (χ4v) is 5.37. The van der Waals surface area contributed by atoms with Crippen LogP contribution in [0.1, 0.15) is 0 Å². The summed E-state index contributed by atoms with van der Waals surface area (Å²) in [4.78, 5) is 10.4. The van der Waals surface area contributed by atoms with Crippen molar-refractivity contribution in [2.24, 2.45) is 0 Å². The van der Waals surface area contributed by atoms with Gasteiger partial charge in [0.05, 0.1) is 0 Å². The molecule has 8 heteroatoms. The first-order valence-corrected chi connectivity index (χ1v) is 12.1. The number of nitrogens with zero attached hydrogens (tertiary/aromatic N) is 3. The molecule has 0 saturated carbocycles. The summed E-state index contributed by atoms with van der Waals surface area (Å²) in [7, 11) is 0. The van der Waals surface area contributed by atoms with Crippen molar-refractivity contribution >= 4 is 45.3 Å². The summed E-state index contributed by atoms with van der Waals surface area (Å²) in [6.07, 6.45) is 3.43. The summed E-state index contributed by atoms with van der Waals surface area (Å²) in [6, 6.07) is 34.5. The molecule has 0 unspecified atom stereocenters. The number of fused-ring (bicyclic) bond motifs is 4. The molecule has 3 aromatic carbocycles. The maximum absolute atomic E-state index is 6.19. The predicted molar refractivity (Wildman–Crippen MR) is 139 cm³/mol. The van der Waals surface area contributed by atoms with Crippen molar-refractivity contribution in [3.05, 3.63) is 109 Å². The molecule has 1 aliphatic rings. The molecule has 0 N–H and O–H groups in total. The number of hydrogen-bond acceptors (Lipinski definition) is 5. The smallest absolute Gasteiger partial charge is 0.547 e. The van der Waals surface area contributed by atoms with Gasteiger partial charge < -0.3 is 14.0 Å². The quantitative estimate of drug-likeness (QED) is 0.175. The van der Waals surface area contributed by atoms with Gasteiger partial charge in [-0.3, -0.25) is 0 Å². The van der Waals surface area contributed by atoms with Crippen LogP contribution in [0.4, 0.5) is 0 Å². The number of ether oxygens (including phenoxy) is 1. The van der Waals surface area contributed by atoms with E-state index in [1.165, 1.54) is 0 Å². The minimum Gasteiger partial charge on any atom is -0.547 e. The van der Waals surface area contributed by atoms with Crippen LogP contribution >= 0.6 is 11.6 Å². The van der Waals surface area contributed by atoms with Crippen molar-refractivity contribution < 1.29 is 30.5 Å². The van der Waals surface area contributed by atoms with E-state index < -0.39 is 0 Å². The van der Waals surface area contributed by atoms with Crippen molar-refractivity contribution in [2.45, 2.75) is 4.90 Å². The van der Waals surface area contributed by atoms with E-state index in [4.69, 9.17) is 9.39 Å². The monoisotopic (exact) mass is 664 g/mol. The number of pyridine rings is 2. The summed E-state index contributed by atoms with van der Waals surface area (Å²) in [5.74, 6) is 2.09. The molecular weight excluding hydrogens is 648 g/mol. The maximum atomic E-state index is 6.19. The van der Waals surface area contributed by atoms with Crippen LogP contribution in [-0.4, -0.2) is 20.7 Å². The van der Waals surface area contributed by atoms with Crippen LogP contribution in [0.2, 0.25) is 0 Å².